The van der Waals surface area contributed by atoms with Gasteiger partial charge in [-0.1, -0.05) is 18.2 Å². The standard InChI is InChI=1S/C22H20N6O3/c23-12-27-21(26)14-7-8-17(24)16(11-14)19(25)13-4-1-2-5-15(10-13)28-22(30)20(29)18-6-3-9-31-18/h1-4,6-12,25H,5,24H2,(H,28,30)(H3,23,26,27). The summed E-state index contributed by atoms with van der Waals surface area (Å²) in [4.78, 5) is 28.2. The SMILES string of the molecule is N=CN=C(N)c1ccc(N)c(C(=N)C2=CC=CCC(NC(=O)C(=O)c3ccco3)=C2)c1. The number of hydrogen-bond donors (Lipinski definition) is 5. The minimum absolute atomic E-state index is 0.0560. The first-order valence-corrected chi connectivity index (χ1v) is 9.18. The highest BCUT2D eigenvalue weighted by molar-refractivity contribution is 6.42. The van der Waals surface area contributed by atoms with E-state index in [2.05, 4.69) is 10.3 Å². The number of anilines is 1. The lowest BCUT2D eigenvalue weighted by Gasteiger charge is -2.12. The molecule has 156 valence electrons. The molecular formula is C22H20N6O3. The zero-order valence-corrected chi connectivity index (χ0v) is 16.4. The number of nitrogens with one attached hydrogen (secondary N) is 3. The van der Waals surface area contributed by atoms with Crippen molar-refractivity contribution in [1.82, 2.24) is 5.32 Å². The molecule has 0 radical (unpaired) electrons. The van der Waals surface area contributed by atoms with Crippen molar-refractivity contribution < 1.29 is 14.0 Å². The predicted molar refractivity (Wildman–Crippen MR) is 118 cm³/mol. The number of allylic oxidation sites excluding steroid dienone is 5. The van der Waals surface area contributed by atoms with E-state index in [9.17, 15) is 9.59 Å². The fraction of sp³-hybridized carbons (Fsp3) is 0.0455. The van der Waals surface area contributed by atoms with E-state index in [-0.39, 0.29) is 17.3 Å². The number of Topliss-reactive ketones (excluding diaryl/α,β-unsaturated/α-hetero) is 1. The molecule has 1 heterocycles. The minimum Gasteiger partial charge on any atom is -0.461 e. The van der Waals surface area contributed by atoms with Crippen molar-refractivity contribution in [3.8, 4) is 0 Å². The maximum atomic E-state index is 12.3. The third-order valence-electron chi connectivity index (χ3n) is 4.42. The minimum atomic E-state index is -0.834. The topological polar surface area (TPSA) is 171 Å². The van der Waals surface area contributed by atoms with Crippen molar-refractivity contribution in [3.05, 3.63) is 89.1 Å². The van der Waals surface area contributed by atoms with Crippen LogP contribution >= 0.6 is 0 Å². The monoisotopic (exact) mass is 416 g/mol. The Balaban J connectivity index is 1.86. The average molecular weight is 416 g/mol. The van der Waals surface area contributed by atoms with Crippen LogP contribution in [0, 0.1) is 10.8 Å². The van der Waals surface area contributed by atoms with Gasteiger partial charge in [0.05, 0.1) is 12.0 Å². The maximum Gasteiger partial charge on any atom is 0.299 e. The zero-order chi connectivity index (χ0) is 22.4. The molecule has 9 nitrogen and oxygen atoms in total. The van der Waals surface area contributed by atoms with E-state index < -0.39 is 11.7 Å². The lowest BCUT2D eigenvalue weighted by molar-refractivity contribution is -0.116. The number of ketones is 1. The van der Waals surface area contributed by atoms with Gasteiger partial charge < -0.3 is 21.2 Å². The van der Waals surface area contributed by atoms with Crippen molar-refractivity contribution in [2.24, 2.45) is 10.7 Å². The van der Waals surface area contributed by atoms with Gasteiger partial charge in [0.15, 0.2) is 5.76 Å². The van der Waals surface area contributed by atoms with Gasteiger partial charge in [-0.15, -0.1) is 0 Å². The predicted octanol–water partition coefficient (Wildman–Crippen LogP) is 2.31. The molecule has 1 aromatic carbocycles. The number of rotatable bonds is 7. The van der Waals surface area contributed by atoms with Gasteiger partial charge in [-0.25, -0.2) is 4.99 Å². The van der Waals surface area contributed by atoms with Crippen LogP contribution < -0.4 is 16.8 Å². The van der Waals surface area contributed by atoms with Gasteiger partial charge in [0.25, 0.3) is 11.7 Å². The zero-order valence-electron chi connectivity index (χ0n) is 16.4. The molecule has 0 bridgehead atoms. The second-order valence-electron chi connectivity index (χ2n) is 6.50. The number of nitrogens with two attached hydrogens (primary N) is 2. The lowest BCUT2D eigenvalue weighted by atomic mass is 9.97. The van der Waals surface area contributed by atoms with E-state index in [0.717, 1.165) is 6.34 Å². The molecule has 2 aromatic rings. The Kier molecular flexibility index (Phi) is 6.36. The first-order chi connectivity index (χ1) is 14.9. The number of aliphatic imine (C=N–C) groups is 1. The van der Waals surface area contributed by atoms with E-state index in [1.807, 2.05) is 0 Å². The summed E-state index contributed by atoms with van der Waals surface area (Å²) in [5.74, 6) is -1.56. The van der Waals surface area contributed by atoms with Gasteiger partial charge in [-0.3, -0.25) is 20.4 Å². The van der Waals surface area contributed by atoms with Gasteiger partial charge in [0.1, 0.15) is 12.2 Å². The van der Waals surface area contributed by atoms with E-state index in [1.54, 1.807) is 42.5 Å². The number of hydrogen-bond acceptors (Lipinski definition) is 6. The molecule has 7 N–H and O–H groups in total. The van der Waals surface area contributed by atoms with Crippen LogP contribution in [-0.2, 0) is 4.79 Å². The number of amides is 1. The first kappa shape index (κ1) is 21.2. The summed E-state index contributed by atoms with van der Waals surface area (Å²) >= 11 is 0. The molecule has 1 aliphatic rings. The number of furan rings is 1. The summed E-state index contributed by atoms with van der Waals surface area (Å²) in [5.41, 5.74) is 14.2. The van der Waals surface area contributed by atoms with Gasteiger partial charge >= 0.3 is 0 Å². The van der Waals surface area contributed by atoms with E-state index in [4.69, 9.17) is 26.7 Å². The molecule has 31 heavy (non-hydrogen) atoms. The van der Waals surface area contributed by atoms with Crippen molar-refractivity contribution in [2.75, 3.05) is 5.73 Å². The summed E-state index contributed by atoms with van der Waals surface area (Å²) in [5, 5.41) is 18.3. The van der Waals surface area contributed by atoms with Crippen molar-refractivity contribution in [1.29, 1.82) is 10.8 Å². The highest BCUT2D eigenvalue weighted by Gasteiger charge is 2.20. The number of nitrogen functional groups attached to an aromatic ring is 1. The quantitative estimate of drug-likeness (QED) is 0.153. The molecular weight excluding hydrogens is 396 g/mol. The second-order valence-corrected chi connectivity index (χ2v) is 6.50. The molecule has 1 amide bonds. The molecule has 1 aromatic heterocycles. The van der Waals surface area contributed by atoms with Crippen molar-refractivity contribution in [2.45, 2.75) is 6.42 Å². The summed E-state index contributed by atoms with van der Waals surface area (Å²) in [6.45, 7) is 0. The largest absolute Gasteiger partial charge is 0.461 e. The smallest absolute Gasteiger partial charge is 0.299 e. The third kappa shape index (κ3) is 4.91. The van der Waals surface area contributed by atoms with E-state index >= 15 is 0 Å². The van der Waals surface area contributed by atoms with E-state index in [1.165, 1.54) is 18.4 Å². The number of amidine groups is 1. The third-order valence-corrected chi connectivity index (χ3v) is 4.42. The molecule has 0 unspecified atom stereocenters. The molecule has 0 saturated heterocycles. The maximum absolute atomic E-state index is 12.3. The fourth-order valence-electron chi connectivity index (χ4n) is 2.86. The Morgan fingerprint density at radius 3 is 2.77 bits per heavy atom. The molecule has 0 spiro atoms. The van der Waals surface area contributed by atoms with Crippen LogP contribution in [0.3, 0.4) is 0 Å². The summed E-state index contributed by atoms with van der Waals surface area (Å²) in [6, 6.07) is 7.80. The Morgan fingerprint density at radius 2 is 2.06 bits per heavy atom. The van der Waals surface area contributed by atoms with Gasteiger partial charge in [-0.05, 0) is 36.4 Å². The molecule has 0 aliphatic heterocycles. The fourth-order valence-corrected chi connectivity index (χ4v) is 2.86. The van der Waals surface area contributed by atoms with Crippen LogP contribution in [0.4, 0.5) is 5.69 Å². The van der Waals surface area contributed by atoms with Crippen LogP contribution in [0.25, 0.3) is 0 Å². The van der Waals surface area contributed by atoms with Gasteiger partial charge in [-0.2, -0.15) is 0 Å². The van der Waals surface area contributed by atoms with Crippen LogP contribution in [0.2, 0.25) is 0 Å². The molecule has 3 rings (SSSR count). The summed E-state index contributed by atoms with van der Waals surface area (Å²) in [7, 11) is 0. The Bertz CT molecular complexity index is 1170. The summed E-state index contributed by atoms with van der Waals surface area (Å²) in [6.07, 6.45) is 9.36. The lowest BCUT2D eigenvalue weighted by Crippen LogP contribution is -2.30. The first-order valence-electron chi connectivity index (χ1n) is 9.18. The number of carbonyl (C=O) groups excluding carboxylic acids is 2. The molecule has 1 aliphatic carbocycles. The Labute approximate surface area is 177 Å². The Hall–Kier alpha value is -4.53. The molecule has 0 fully saturated rings. The normalized spacial score (nSPS) is 13.6. The second kappa shape index (κ2) is 9.31. The van der Waals surface area contributed by atoms with Crippen LogP contribution in [0.15, 0.2) is 81.6 Å². The highest BCUT2D eigenvalue weighted by Crippen LogP contribution is 2.21. The molecule has 0 atom stereocenters. The van der Waals surface area contributed by atoms with E-state index in [0.29, 0.717) is 34.5 Å². The van der Waals surface area contributed by atoms with Crippen LogP contribution in [-0.4, -0.2) is 29.6 Å². The molecule has 0 saturated carbocycles. The van der Waals surface area contributed by atoms with Gasteiger partial charge in [0, 0.05) is 34.5 Å². The summed E-state index contributed by atoms with van der Waals surface area (Å²) < 4.78 is 4.97. The number of carbonyl (C=O) groups is 2. The average Bonchev–Trinajstić information content (AvgIpc) is 3.20. The number of benzene rings is 1. The van der Waals surface area contributed by atoms with Crippen molar-refractivity contribution in [3.63, 3.8) is 0 Å². The van der Waals surface area contributed by atoms with Crippen LogP contribution in [0.5, 0.6) is 0 Å². The Morgan fingerprint density at radius 1 is 1.26 bits per heavy atom. The highest BCUT2D eigenvalue weighted by atomic mass is 16.3. The van der Waals surface area contributed by atoms with Gasteiger partial charge in [0.2, 0.25) is 0 Å². The van der Waals surface area contributed by atoms with Crippen molar-refractivity contribution >= 4 is 35.3 Å². The van der Waals surface area contributed by atoms with Crippen LogP contribution in [0.1, 0.15) is 28.1 Å². The number of nitrogens with zero attached hydrogens (tertiary/aromatic N) is 1. The molecule has 9 heteroatoms.